The van der Waals surface area contributed by atoms with Gasteiger partial charge in [-0.1, -0.05) is 26.7 Å². The van der Waals surface area contributed by atoms with Crippen LogP contribution < -0.4 is 5.32 Å². The van der Waals surface area contributed by atoms with Crippen LogP contribution in [0.15, 0.2) is 10.5 Å². The van der Waals surface area contributed by atoms with Gasteiger partial charge in [-0.2, -0.15) is 0 Å². The molecule has 1 N–H and O–H groups in total. The second-order valence-electron chi connectivity index (χ2n) is 6.42. The molecular weight excluding hydrogens is 248 g/mol. The summed E-state index contributed by atoms with van der Waals surface area (Å²) in [6.45, 7) is 9.43. The molecule has 0 saturated heterocycles. The topological polar surface area (TPSA) is 28.4 Å². The fourth-order valence-corrected chi connectivity index (χ4v) is 3.28. The molecule has 1 aromatic heterocycles. The van der Waals surface area contributed by atoms with Crippen LogP contribution in [0.3, 0.4) is 0 Å². The molecule has 2 atom stereocenters. The van der Waals surface area contributed by atoms with Crippen molar-refractivity contribution in [3.05, 3.63) is 23.2 Å². The summed E-state index contributed by atoms with van der Waals surface area (Å²) < 4.78 is 5.92. The highest BCUT2D eigenvalue weighted by Gasteiger charge is 2.23. The second-order valence-corrected chi connectivity index (χ2v) is 6.42. The first-order chi connectivity index (χ1) is 9.60. The predicted octanol–water partition coefficient (Wildman–Crippen LogP) is 3.71. The van der Waals surface area contributed by atoms with E-state index in [1.165, 1.54) is 31.2 Å². The zero-order valence-corrected chi connectivity index (χ0v) is 13.5. The Morgan fingerprint density at radius 1 is 1.40 bits per heavy atom. The van der Waals surface area contributed by atoms with Crippen molar-refractivity contribution in [3.8, 4) is 0 Å². The zero-order chi connectivity index (χ0) is 14.5. The molecule has 0 radical (unpaired) electrons. The number of nitrogens with one attached hydrogen (secondary N) is 1. The Labute approximate surface area is 123 Å². The van der Waals surface area contributed by atoms with Crippen LogP contribution in [-0.2, 0) is 13.1 Å². The van der Waals surface area contributed by atoms with Gasteiger partial charge in [0.15, 0.2) is 0 Å². The van der Waals surface area contributed by atoms with Crippen molar-refractivity contribution in [2.24, 2.45) is 5.92 Å². The third kappa shape index (κ3) is 4.10. The highest BCUT2D eigenvalue weighted by molar-refractivity contribution is 5.20. The lowest BCUT2D eigenvalue weighted by Gasteiger charge is -2.33. The Morgan fingerprint density at radius 3 is 2.90 bits per heavy atom. The number of aryl methyl sites for hydroxylation is 1. The lowest BCUT2D eigenvalue weighted by molar-refractivity contribution is 0.148. The molecule has 0 aromatic carbocycles. The molecule has 20 heavy (non-hydrogen) atoms. The first-order valence-corrected chi connectivity index (χ1v) is 8.09. The Kier molecular flexibility index (Phi) is 5.67. The molecule has 3 nitrogen and oxygen atoms in total. The normalized spacial score (nSPS) is 23.4. The quantitative estimate of drug-likeness (QED) is 0.860. The van der Waals surface area contributed by atoms with Crippen LogP contribution in [0, 0.1) is 12.8 Å². The van der Waals surface area contributed by atoms with Crippen molar-refractivity contribution in [2.75, 3.05) is 13.6 Å². The molecule has 0 bridgehead atoms. The van der Waals surface area contributed by atoms with Gasteiger partial charge in [-0.05, 0) is 45.3 Å². The van der Waals surface area contributed by atoms with E-state index in [9.17, 15) is 0 Å². The van der Waals surface area contributed by atoms with E-state index in [4.69, 9.17) is 4.42 Å². The Morgan fingerprint density at radius 2 is 2.20 bits per heavy atom. The summed E-state index contributed by atoms with van der Waals surface area (Å²) >= 11 is 0. The largest absolute Gasteiger partial charge is 0.465 e. The minimum atomic E-state index is 0.723. The van der Waals surface area contributed by atoms with Gasteiger partial charge in [0.25, 0.3) is 0 Å². The van der Waals surface area contributed by atoms with Crippen molar-refractivity contribution in [2.45, 2.75) is 65.6 Å². The molecule has 2 rings (SSSR count). The molecule has 1 aromatic rings. The lowest BCUT2D eigenvalue weighted by atomic mass is 9.86. The van der Waals surface area contributed by atoms with E-state index in [-0.39, 0.29) is 0 Å². The van der Waals surface area contributed by atoms with Crippen molar-refractivity contribution in [3.63, 3.8) is 0 Å². The maximum absolute atomic E-state index is 5.92. The Bertz CT molecular complexity index is 413. The zero-order valence-electron chi connectivity index (χ0n) is 13.5. The number of furan rings is 1. The van der Waals surface area contributed by atoms with Gasteiger partial charge >= 0.3 is 0 Å². The summed E-state index contributed by atoms with van der Waals surface area (Å²) in [6.07, 6.45) is 5.45. The highest BCUT2D eigenvalue weighted by Crippen LogP contribution is 2.28. The Balaban J connectivity index is 1.91. The van der Waals surface area contributed by atoms with Crippen LogP contribution in [-0.4, -0.2) is 24.5 Å². The second kappa shape index (κ2) is 7.28. The number of hydrogen-bond acceptors (Lipinski definition) is 3. The molecule has 3 heteroatoms. The van der Waals surface area contributed by atoms with E-state index in [1.54, 1.807) is 0 Å². The van der Waals surface area contributed by atoms with Gasteiger partial charge in [-0.3, -0.25) is 4.90 Å². The van der Waals surface area contributed by atoms with Crippen molar-refractivity contribution in [1.29, 1.82) is 0 Å². The summed E-state index contributed by atoms with van der Waals surface area (Å²) in [5.74, 6) is 3.04. The molecule has 1 aliphatic carbocycles. The molecule has 0 spiro atoms. The molecule has 0 amide bonds. The third-order valence-electron chi connectivity index (χ3n) is 4.57. The fourth-order valence-electron chi connectivity index (χ4n) is 3.28. The first-order valence-electron chi connectivity index (χ1n) is 8.09. The van der Waals surface area contributed by atoms with Gasteiger partial charge < -0.3 is 9.73 Å². The van der Waals surface area contributed by atoms with Gasteiger partial charge in [0.05, 0.1) is 6.54 Å². The predicted molar refractivity (Wildman–Crippen MR) is 83.7 cm³/mol. The van der Waals surface area contributed by atoms with E-state index in [1.807, 2.05) is 0 Å². The molecule has 2 unspecified atom stereocenters. The summed E-state index contributed by atoms with van der Waals surface area (Å²) in [7, 11) is 2.24. The van der Waals surface area contributed by atoms with E-state index in [0.717, 1.165) is 43.1 Å². The summed E-state index contributed by atoms with van der Waals surface area (Å²) in [6, 6.07) is 2.95. The fraction of sp³-hybridized carbons (Fsp3) is 0.765. The van der Waals surface area contributed by atoms with Crippen molar-refractivity contribution in [1.82, 2.24) is 10.2 Å². The minimum Gasteiger partial charge on any atom is -0.465 e. The van der Waals surface area contributed by atoms with Crippen LogP contribution >= 0.6 is 0 Å². The first kappa shape index (κ1) is 15.6. The minimum absolute atomic E-state index is 0.723. The maximum Gasteiger partial charge on any atom is 0.118 e. The van der Waals surface area contributed by atoms with E-state index < -0.39 is 0 Å². The molecule has 1 fully saturated rings. The van der Waals surface area contributed by atoms with Gasteiger partial charge in [0.1, 0.15) is 11.5 Å². The number of rotatable bonds is 6. The third-order valence-corrected chi connectivity index (χ3v) is 4.57. The average Bonchev–Trinajstić information content (AvgIpc) is 2.76. The standard InChI is InChI=1S/C17H30N2O/c1-5-18-11-15-10-17(20-14(15)3)12-19(4)16-8-6-7-13(2)9-16/h10,13,16,18H,5-9,11-12H2,1-4H3. The highest BCUT2D eigenvalue weighted by atomic mass is 16.3. The maximum atomic E-state index is 5.92. The van der Waals surface area contributed by atoms with Crippen molar-refractivity contribution < 1.29 is 4.42 Å². The van der Waals surface area contributed by atoms with Gasteiger partial charge in [-0.25, -0.2) is 0 Å². The van der Waals surface area contributed by atoms with Gasteiger partial charge in [0, 0.05) is 18.2 Å². The monoisotopic (exact) mass is 278 g/mol. The van der Waals surface area contributed by atoms with Crippen molar-refractivity contribution >= 4 is 0 Å². The van der Waals surface area contributed by atoms with Crippen LogP contribution in [0.4, 0.5) is 0 Å². The molecule has 1 saturated carbocycles. The number of hydrogen-bond donors (Lipinski definition) is 1. The lowest BCUT2D eigenvalue weighted by Crippen LogP contribution is -2.34. The molecule has 114 valence electrons. The van der Waals surface area contributed by atoms with Crippen LogP contribution in [0.5, 0.6) is 0 Å². The van der Waals surface area contributed by atoms with Crippen LogP contribution in [0.1, 0.15) is 56.6 Å². The SMILES string of the molecule is CCNCc1cc(CN(C)C2CCCC(C)C2)oc1C. The van der Waals surface area contributed by atoms with E-state index in [0.29, 0.717) is 0 Å². The van der Waals surface area contributed by atoms with Gasteiger partial charge in [-0.15, -0.1) is 0 Å². The average molecular weight is 278 g/mol. The molecular formula is C17H30N2O. The summed E-state index contributed by atoms with van der Waals surface area (Å²) in [5, 5.41) is 3.37. The molecule has 0 aliphatic heterocycles. The van der Waals surface area contributed by atoms with Crippen LogP contribution in [0.2, 0.25) is 0 Å². The molecule has 1 heterocycles. The Hall–Kier alpha value is -0.800. The van der Waals surface area contributed by atoms with E-state index in [2.05, 4.69) is 44.1 Å². The summed E-state index contributed by atoms with van der Waals surface area (Å²) in [5.41, 5.74) is 1.30. The smallest absolute Gasteiger partial charge is 0.118 e. The molecule has 1 aliphatic rings. The summed E-state index contributed by atoms with van der Waals surface area (Å²) in [4.78, 5) is 2.48. The van der Waals surface area contributed by atoms with Gasteiger partial charge in [0.2, 0.25) is 0 Å². The van der Waals surface area contributed by atoms with E-state index >= 15 is 0 Å². The number of nitrogens with zero attached hydrogens (tertiary/aromatic N) is 1. The van der Waals surface area contributed by atoms with Crippen LogP contribution in [0.25, 0.3) is 0 Å².